The third-order valence-corrected chi connectivity index (χ3v) is 4.37. The van der Waals surface area contributed by atoms with Gasteiger partial charge in [0, 0.05) is 26.2 Å². The van der Waals surface area contributed by atoms with Crippen molar-refractivity contribution in [3.05, 3.63) is 41.0 Å². The van der Waals surface area contributed by atoms with Crippen LogP contribution in [-0.4, -0.2) is 59.8 Å². The number of hydrogen-bond donors (Lipinski definition) is 0. The summed E-state index contributed by atoms with van der Waals surface area (Å²) >= 11 is 6.10. The molecule has 124 valence electrons. The molecule has 1 aliphatic rings. The maximum absolute atomic E-state index is 6.10. The zero-order valence-electron chi connectivity index (χ0n) is 13.4. The molecular weight excluding hydrogens is 316 g/mol. The van der Waals surface area contributed by atoms with Crippen LogP contribution < -0.4 is 4.74 Å². The smallest absolute Gasteiger partial charge is 0.245 e. The molecule has 7 heteroatoms. The minimum absolute atomic E-state index is 0.130. The molecule has 2 aromatic rings. The minimum Gasteiger partial charge on any atom is -0.491 e. The number of likely N-dealkylation sites (N-methyl/N-ethyl adjacent to an activating group) is 1. The van der Waals surface area contributed by atoms with Gasteiger partial charge in [-0.25, -0.2) is 0 Å². The normalized spacial score (nSPS) is 19.9. The van der Waals surface area contributed by atoms with E-state index in [-0.39, 0.29) is 6.04 Å². The lowest BCUT2D eigenvalue weighted by atomic mass is 10.2. The molecule has 1 fully saturated rings. The van der Waals surface area contributed by atoms with Gasteiger partial charge in [0.05, 0.1) is 5.02 Å². The van der Waals surface area contributed by atoms with Gasteiger partial charge in [-0.3, -0.25) is 9.80 Å². The molecule has 1 aliphatic heterocycles. The second kappa shape index (κ2) is 7.29. The van der Waals surface area contributed by atoms with Crippen LogP contribution in [0.15, 0.2) is 28.8 Å². The van der Waals surface area contributed by atoms with Gasteiger partial charge in [0.1, 0.15) is 18.4 Å². The highest BCUT2D eigenvalue weighted by Crippen LogP contribution is 2.24. The monoisotopic (exact) mass is 336 g/mol. The molecule has 0 saturated carbocycles. The number of benzene rings is 1. The van der Waals surface area contributed by atoms with Crippen molar-refractivity contribution in [3.8, 4) is 5.75 Å². The molecule has 2 heterocycles. The van der Waals surface area contributed by atoms with Crippen molar-refractivity contribution < 1.29 is 9.26 Å². The molecular formula is C16H21ClN4O2. The number of para-hydroxylation sites is 1. The van der Waals surface area contributed by atoms with E-state index in [1.165, 1.54) is 0 Å². The van der Waals surface area contributed by atoms with Gasteiger partial charge >= 0.3 is 0 Å². The fraction of sp³-hybridized carbons (Fsp3) is 0.500. The number of ether oxygens (including phenoxy) is 1. The number of aromatic nitrogens is 2. The van der Waals surface area contributed by atoms with E-state index in [1.807, 2.05) is 31.2 Å². The Morgan fingerprint density at radius 1 is 1.35 bits per heavy atom. The van der Waals surface area contributed by atoms with Gasteiger partial charge in [0.15, 0.2) is 5.82 Å². The molecule has 0 amide bonds. The van der Waals surface area contributed by atoms with Gasteiger partial charge in [-0.1, -0.05) is 28.9 Å². The molecule has 23 heavy (non-hydrogen) atoms. The van der Waals surface area contributed by atoms with Crippen molar-refractivity contribution in [1.82, 2.24) is 19.9 Å². The van der Waals surface area contributed by atoms with E-state index in [4.69, 9.17) is 20.9 Å². The van der Waals surface area contributed by atoms with Gasteiger partial charge in [-0.05, 0) is 26.1 Å². The highest BCUT2D eigenvalue weighted by atomic mass is 35.5. The first kappa shape index (κ1) is 16.2. The van der Waals surface area contributed by atoms with Crippen molar-refractivity contribution in [2.24, 2.45) is 0 Å². The molecule has 0 N–H and O–H groups in total. The SMILES string of the molecule is Cc1noc([C@H]2CN(CCOc3ccccc3Cl)CCN2C)n1. The first-order valence-electron chi connectivity index (χ1n) is 7.73. The summed E-state index contributed by atoms with van der Waals surface area (Å²) < 4.78 is 11.1. The van der Waals surface area contributed by atoms with Crippen LogP contribution in [0.3, 0.4) is 0 Å². The highest BCUT2D eigenvalue weighted by Gasteiger charge is 2.29. The van der Waals surface area contributed by atoms with Gasteiger partial charge in [-0.2, -0.15) is 4.98 Å². The molecule has 0 bridgehead atoms. The Hall–Kier alpha value is -1.63. The molecule has 1 atom stereocenters. The van der Waals surface area contributed by atoms with Gasteiger partial charge in [0.2, 0.25) is 5.89 Å². The Bertz CT molecular complexity index is 649. The Labute approximate surface area is 141 Å². The van der Waals surface area contributed by atoms with Gasteiger partial charge in [0.25, 0.3) is 0 Å². The third-order valence-electron chi connectivity index (χ3n) is 4.06. The van der Waals surface area contributed by atoms with Crippen molar-refractivity contribution >= 4 is 11.6 Å². The van der Waals surface area contributed by atoms with Crippen LogP contribution in [-0.2, 0) is 0 Å². The summed E-state index contributed by atoms with van der Waals surface area (Å²) in [6.07, 6.45) is 0. The third kappa shape index (κ3) is 4.02. The van der Waals surface area contributed by atoms with Crippen LogP contribution in [0.2, 0.25) is 5.02 Å². The fourth-order valence-electron chi connectivity index (χ4n) is 2.69. The van der Waals surface area contributed by atoms with Crippen LogP contribution in [0.25, 0.3) is 0 Å². The Balaban J connectivity index is 1.54. The molecule has 1 saturated heterocycles. The zero-order chi connectivity index (χ0) is 16.2. The second-order valence-corrected chi connectivity index (χ2v) is 6.16. The summed E-state index contributed by atoms with van der Waals surface area (Å²) in [5.41, 5.74) is 0. The predicted molar refractivity (Wildman–Crippen MR) is 87.8 cm³/mol. The van der Waals surface area contributed by atoms with E-state index >= 15 is 0 Å². The highest BCUT2D eigenvalue weighted by molar-refractivity contribution is 6.32. The average molecular weight is 337 g/mol. The number of halogens is 1. The van der Waals surface area contributed by atoms with Crippen molar-refractivity contribution in [2.45, 2.75) is 13.0 Å². The summed E-state index contributed by atoms with van der Waals surface area (Å²) in [7, 11) is 2.09. The average Bonchev–Trinajstić information content (AvgIpc) is 2.97. The molecule has 1 aromatic heterocycles. The summed E-state index contributed by atoms with van der Waals surface area (Å²) in [5, 5.41) is 4.54. The van der Waals surface area contributed by atoms with Crippen LogP contribution in [0.1, 0.15) is 17.8 Å². The van der Waals surface area contributed by atoms with E-state index in [9.17, 15) is 0 Å². The largest absolute Gasteiger partial charge is 0.491 e. The topological polar surface area (TPSA) is 54.6 Å². The standard InChI is InChI=1S/C16H21ClN4O2/c1-12-18-16(23-19-12)14-11-21(8-7-20(14)2)9-10-22-15-6-4-3-5-13(15)17/h3-6,14H,7-11H2,1-2H3/t14-/m1/s1. The summed E-state index contributed by atoms with van der Waals surface area (Å²) in [6.45, 7) is 6.07. The number of hydrogen-bond acceptors (Lipinski definition) is 6. The quantitative estimate of drug-likeness (QED) is 0.835. The number of piperazine rings is 1. The Kier molecular flexibility index (Phi) is 5.15. The Morgan fingerprint density at radius 3 is 2.91 bits per heavy atom. The molecule has 0 spiro atoms. The number of rotatable bonds is 5. The summed E-state index contributed by atoms with van der Waals surface area (Å²) in [5.74, 6) is 2.08. The molecule has 6 nitrogen and oxygen atoms in total. The number of nitrogens with zero attached hydrogens (tertiary/aromatic N) is 4. The van der Waals surface area contributed by atoms with Crippen LogP contribution >= 0.6 is 11.6 Å². The Morgan fingerprint density at radius 2 is 2.17 bits per heavy atom. The van der Waals surface area contributed by atoms with Gasteiger partial charge in [-0.15, -0.1) is 0 Å². The van der Waals surface area contributed by atoms with E-state index in [0.717, 1.165) is 31.9 Å². The lowest BCUT2D eigenvalue weighted by Gasteiger charge is -2.37. The van der Waals surface area contributed by atoms with Crippen molar-refractivity contribution in [3.63, 3.8) is 0 Å². The lowest BCUT2D eigenvalue weighted by molar-refractivity contribution is 0.0672. The molecule has 3 rings (SSSR count). The lowest BCUT2D eigenvalue weighted by Crippen LogP contribution is -2.47. The first-order valence-corrected chi connectivity index (χ1v) is 8.11. The number of aryl methyl sites for hydroxylation is 1. The van der Waals surface area contributed by atoms with E-state index < -0.39 is 0 Å². The van der Waals surface area contributed by atoms with Crippen molar-refractivity contribution in [1.29, 1.82) is 0 Å². The molecule has 1 aromatic carbocycles. The van der Waals surface area contributed by atoms with E-state index in [0.29, 0.717) is 23.3 Å². The maximum Gasteiger partial charge on any atom is 0.245 e. The van der Waals surface area contributed by atoms with Crippen LogP contribution in [0.5, 0.6) is 5.75 Å². The minimum atomic E-state index is 0.130. The maximum atomic E-state index is 6.10. The van der Waals surface area contributed by atoms with Crippen LogP contribution in [0, 0.1) is 6.92 Å². The molecule has 0 radical (unpaired) electrons. The van der Waals surface area contributed by atoms with E-state index in [1.54, 1.807) is 0 Å². The summed E-state index contributed by atoms with van der Waals surface area (Å²) in [6, 6.07) is 7.67. The zero-order valence-corrected chi connectivity index (χ0v) is 14.2. The van der Waals surface area contributed by atoms with Crippen molar-refractivity contribution in [2.75, 3.05) is 39.8 Å². The molecule has 0 unspecified atom stereocenters. The van der Waals surface area contributed by atoms with E-state index in [2.05, 4.69) is 27.0 Å². The molecule has 0 aliphatic carbocycles. The second-order valence-electron chi connectivity index (χ2n) is 5.76. The van der Waals surface area contributed by atoms with Crippen LogP contribution in [0.4, 0.5) is 0 Å². The predicted octanol–water partition coefficient (Wildman–Crippen LogP) is 2.40. The first-order chi connectivity index (χ1) is 11.1. The fourth-order valence-corrected chi connectivity index (χ4v) is 2.89. The van der Waals surface area contributed by atoms with Gasteiger partial charge < -0.3 is 9.26 Å². The summed E-state index contributed by atoms with van der Waals surface area (Å²) in [4.78, 5) is 8.96.